The van der Waals surface area contributed by atoms with E-state index in [2.05, 4.69) is 10.1 Å². The number of fused-ring (bicyclic) bond motifs is 1. The summed E-state index contributed by atoms with van der Waals surface area (Å²) in [7, 11) is 0. The highest BCUT2D eigenvalue weighted by Crippen LogP contribution is 2.28. The Hall–Kier alpha value is -3.22. The number of para-hydroxylation sites is 1. The molecule has 26 heavy (non-hydrogen) atoms. The highest BCUT2D eigenvalue weighted by molar-refractivity contribution is 6.07. The second-order valence-electron chi connectivity index (χ2n) is 6.01. The number of Topliss-reactive ketones (excluding diaryl/α,β-unsaturated/α-hetero) is 1. The number of carbonyl (C=O) groups excluding carboxylic acids is 2. The number of carbonyl (C=O) groups is 2. The number of hydrogen-bond acceptors (Lipinski definition) is 5. The van der Waals surface area contributed by atoms with Crippen LogP contribution in [0, 0.1) is 0 Å². The van der Waals surface area contributed by atoms with Crippen molar-refractivity contribution in [3.05, 3.63) is 59.7 Å². The molecule has 4 rings (SSSR count). The third-order valence-electron chi connectivity index (χ3n) is 4.39. The summed E-state index contributed by atoms with van der Waals surface area (Å²) in [5.74, 6) is -0.105. The van der Waals surface area contributed by atoms with Crippen LogP contribution in [0.3, 0.4) is 0 Å². The van der Waals surface area contributed by atoms with E-state index in [0.29, 0.717) is 30.0 Å². The van der Waals surface area contributed by atoms with Crippen LogP contribution in [-0.2, 0) is 11.2 Å². The summed E-state index contributed by atoms with van der Waals surface area (Å²) >= 11 is 0. The maximum Gasteiger partial charge on any atom is 0.359 e. The van der Waals surface area contributed by atoms with Crippen LogP contribution >= 0.6 is 0 Å². The van der Waals surface area contributed by atoms with Gasteiger partial charge < -0.3 is 4.74 Å². The largest absolute Gasteiger partial charge is 0.461 e. The molecule has 132 valence electrons. The third-order valence-corrected chi connectivity index (χ3v) is 4.39. The van der Waals surface area contributed by atoms with Crippen LogP contribution in [0.4, 0.5) is 0 Å². The zero-order valence-corrected chi connectivity index (χ0v) is 14.4. The average molecular weight is 350 g/mol. The molecule has 0 saturated carbocycles. The molecule has 0 fully saturated rings. The molecule has 0 atom stereocenters. The molecule has 0 unspecified atom stereocenters. The minimum Gasteiger partial charge on any atom is -0.461 e. The maximum atomic E-state index is 12.5. The van der Waals surface area contributed by atoms with Gasteiger partial charge in [0.25, 0.3) is 0 Å². The van der Waals surface area contributed by atoms with E-state index >= 15 is 0 Å². The molecule has 1 aliphatic rings. The van der Waals surface area contributed by atoms with Gasteiger partial charge in [0.15, 0.2) is 11.5 Å². The Morgan fingerprint density at radius 2 is 2.04 bits per heavy atom. The molecule has 0 bridgehead atoms. The maximum absolute atomic E-state index is 12.5. The van der Waals surface area contributed by atoms with Crippen molar-refractivity contribution in [2.75, 3.05) is 6.61 Å². The fraction of sp³-hybridized carbons (Fsp3) is 0.263. The van der Waals surface area contributed by atoms with Crippen molar-refractivity contribution in [1.82, 2.24) is 19.3 Å². The van der Waals surface area contributed by atoms with E-state index in [1.54, 1.807) is 17.8 Å². The normalized spacial score (nSPS) is 13.5. The molecule has 2 heterocycles. The van der Waals surface area contributed by atoms with Gasteiger partial charge in [-0.1, -0.05) is 18.2 Å². The monoisotopic (exact) mass is 350 g/mol. The average Bonchev–Trinajstić information content (AvgIpc) is 3.28. The summed E-state index contributed by atoms with van der Waals surface area (Å²) < 4.78 is 8.57. The topological polar surface area (TPSA) is 79.0 Å². The number of esters is 1. The smallest absolute Gasteiger partial charge is 0.359 e. The number of benzene rings is 1. The second kappa shape index (κ2) is 6.59. The van der Waals surface area contributed by atoms with E-state index in [0.717, 1.165) is 12.1 Å². The lowest BCUT2D eigenvalue weighted by Crippen LogP contribution is -2.16. The van der Waals surface area contributed by atoms with E-state index in [9.17, 15) is 9.59 Å². The molecule has 3 aromatic rings. The molecular formula is C19H18N4O3. The van der Waals surface area contributed by atoms with Crippen LogP contribution in [0.1, 0.15) is 46.3 Å². The zero-order valence-electron chi connectivity index (χ0n) is 14.4. The van der Waals surface area contributed by atoms with Crippen LogP contribution in [0.15, 0.2) is 42.7 Å². The van der Waals surface area contributed by atoms with E-state index < -0.39 is 5.97 Å². The first-order valence-electron chi connectivity index (χ1n) is 8.62. The first-order chi connectivity index (χ1) is 12.7. The number of aromatic nitrogens is 4. The Morgan fingerprint density at radius 1 is 1.23 bits per heavy atom. The zero-order chi connectivity index (χ0) is 18.1. The standard InChI is InChI=1S/C19H18N4O3/c1-2-26-18(25)17-16-14(9-6-10-15(16)24)23(21-17)19-20-11-12-22(19)13-7-4-3-5-8-13/h3-5,7-8,11-12H,2,6,9-10H2,1H3. The fourth-order valence-corrected chi connectivity index (χ4v) is 3.27. The number of imidazole rings is 1. The van der Waals surface area contributed by atoms with Crippen molar-refractivity contribution in [1.29, 1.82) is 0 Å². The molecule has 0 amide bonds. The van der Waals surface area contributed by atoms with Gasteiger partial charge in [0.2, 0.25) is 5.95 Å². The van der Waals surface area contributed by atoms with Crippen LogP contribution < -0.4 is 0 Å². The highest BCUT2D eigenvalue weighted by Gasteiger charge is 2.32. The van der Waals surface area contributed by atoms with E-state index in [-0.39, 0.29) is 18.1 Å². The van der Waals surface area contributed by atoms with Crippen molar-refractivity contribution >= 4 is 11.8 Å². The summed E-state index contributed by atoms with van der Waals surface area (Å²) in [4.78, 5) is 29.2. The molecule has 0 spiro atoms. The first kappa shape index (κ1) is 16.3. The summed E-state index contributed by atoms with van der Waals surface area (Å²) in [5, 5.41) is 4.43. The van der Waals surface area contributed by atoms with Crippen LogP contribution in [-0.4, -0.2) is 37.7 Å². The first-order valence-corrected chi connectivity index (χ1v) is 8.62. The predicted octanol–water partition coefficient (Wildman–Crippen LogP) is 2.75. The van der Waals surface area contributed by atoms with Gasteiger partial charge in [0.1, 0.15) is 0 Å². The summed E-state index contributed by atoms with van der Waals surface area (Å²) in [6.45, 7) is 1.96. The lowest BCUT2D eigenvalue weighted by atomic mass is 9.94. The minimum atomic E-state index is -0.574. The molecule has 7 heteroatoms. The molecular weight excluding hydrogens is 332 g/mol. The minimum absolute atomic E-state index is 0.0710. The van der Waals surface area contributed by atoms with Gasteiger partial charge in [-0.3, -0.25) is 9.36 Å². The van der Waals surface area contributed by atoms with Crippen LogP contribution in [0.25, 0.3) is 11.6 Å². The third kappa shape index (κ3) is 2.61. The number of hydrogen-bond donors (Lipinski definition) is 0. The SMILES string of the molecule is CCOC(=O)c1nn(-c2nccn2-c2ccccc2)c2c1C(=O)CCC2. The van der Waals surface area contributed by atoms with E-state index in [1.807, 2.05) is 41.1 Å². The summed E-state index contributed by atoms with van der Waals surface area (Å²) in [6, 6.07) is 9.72. The Kier molecular flexibility index (Phi) is 4.12. The van der Waals surface area contributed by atoms with Gasteiger partial charge in [-0.15, -0.1) is 0 Å². The molecule has 1 aromatic carbocycles. The molecule has 0 radical (unpaired) electrons. The Bertz CT molecular complexity index is 972. The molecule has 7 nitrogen and oxygen atoms in total. The number of ether oxygens (including phenoxy) is 1. The van der Waals surface area contributed by atoms with Gasteiger partial charge in [-0.2, -0.15) is 5.10 Å². The van der Waals surface area contributed by atoms with E-state index in [4.69, 9.17) is 4.74 Å². The van der Waals surface area contributed by atoms with Gasteiger partial charge in [0.05, 0.1) is 17.9 Å². The number of ketones is 1. The van der Waals surface area contributed by atoms with Gasteiger partial charge in [0, 0.05) is 24.5 Å². The predicted molar refractivity (Wildman–Crippen MR) is 93.9 cm³/mol. The van der Waals surface area contributed by atoms with Crippen LogP contribution in [0.2, 0.25) is 0 Å². The van der Waals surface area contributed by atoms with Crippen molar-refractivity contribution in [3.8, 4) is 11.6 Å². The molecule has 0 N–H and O–H groups in total. The highest BCUT2D eigenvalue weighted by atomic mass is 16.5. The molecule has 1 aliphatic carbocycles. The molecule has 0 aliphatic heterocycles. The van der Waals surface area contributed by atoms with Gasteiger partial charge >= 0.3 is 5.97 Å². The van der Waals surface area contributed by atoms with Gasteiger partial charge in [-0.25, -0.2) is 14.5 Å². The number of nitrogens with zero attached hydrogens (tertiary/aromatic N) is 4. The van der Waals surface area contributed by atoms with Gasteiger partial charge in [-0.05, 0) is 31.9 Å². The fourth-order valence-electron chi connectivity index (χ4n) is 3.27. The quantitative estimate of drug-likeness (QED) is 0.676. The Morgan fingerprint density at radius 3 is 2.81 bits per heavy atom. The lowest BCUT2D eigenvalue weighted by molar-refractivity contribution is 0.0515. The molecule has 2 aromatic heterocycles. The summed E-state index contributed by atoms with van der Waals surface area (Å²) in [6.07, 6.45) is 5.30. The number of rotatable bonds is 4. The van der Waals surface area contributed by atoms with Crippen LogP contribution in [0.5, 0.6) is 0 Å². The second-order valence-corrected chi connectivity index (χ2v) is 6.01. The van der Waals surface area contributed by atoms with Crippen molar-refractivity contribution in [3.63, 3.8) is 0 Å². The Balaban J connectivity index is 1.89. The van der Waals surface area contributed by atoms with Crippen molar-refractivity contribution in [2.24, 2.45) is 0 Å². The van der Waals surface area contributed by atoms with Crippen molar-refractivity contribution in [2.45, 2.75) is 26.2 Å². The Labute approximate surface area is 150 Å². The lowest BCUT2D eigenvalue weighted by Gasteiger charge is -2.14. The van der Waals surface area contributed by atoms with Crippen molar-refractivity contribution < 1.29 is 14.3 Å². The molecule has 0 saturated heterocycles. The van der Waals surface area contributed by atoms with E-state index in [1.165, 1.54) is 0 Å². The summed E-state index contributed by atoms with van der Waals surface area (Å²) in [5.41, 5.74) is 2.09.